The molecule has 3 rings (SSSR count). The first-order chi connectivity index (χ1) is 14.7. The van der Waals surface area contributed by atoms with Gasteiger partial charge in [-0.15, -0.1) is 0 Å². The SMILES string of the molecule is CCCCOc1ccnc2ccc(C/C=C3\SC(=NC(=O)OC(C)(C)C)NC3=O)cc12. The summed E-state index contributed by atoms with van der Waals surface area (Å²) in [5.41, 5.74) is 1.25. The van der Waals surface area contributed by atoms with Gasteiger partial charge in [-0.05, 0) is 69.1 Å². The summed E-state index contributed by atoms with van der Waals surface area (Å²) in [5.74, 6) is 0.533. The van der Waals surface area contributed by atoms with Gasteiger partial charge in [-0.25, -0.2) is 4.79 Å². The molecule has 1 aliphatic heterocycles. The first-order valence-electron chi connectivity index (χ1n) is 10.3. The minimum absolute atomic E-state index is 0.222. The molecular formula is C23H27N3O4S. The summed E-state index contributed by atoms with van der Waals surface area (Å²) < 4.78 is 11.1. The first kappa shape index (κ1) is 22.8. The Bertz CT molecular complexity index is 1040. The lowest BCUT2D eigenvalue weighted by atomic mass is 10.1. The van der Waals surface area contributed by atoms with Crippen molar-refractivity contribution in [2.24, 2.45) is 4.99 Å². The van der Waals surface area contributed by atoms with Crippen molar-refractivity contribution in [1.29, 1.82) is 0 Å². The molecule has 8 heteroatoms. The number of ether oxygens (including phenoxy) is 2. The van der Waals surface area contributed by atoms with Gasteiger partial charge in [-0.3, -0.25) is 9.78 Å². The third-order valence-corrected chi connectivity index (χ3v) is 5.24. The number of nitrogens with one attached hydrogen (secondary N) is 1. The van der Waals surface area contributed by atoms with E-state index in [2.05, 4.69) is 22.2 Å². The average molecular weight is 442 g/mol. The molecule has 1 fully saturated rings. The molecule has 2 aromatic rings. The highest BCUT2D eigenvalue weighted by Crippen LogP contribution is 2.27. The quantitative estimate of drug-likeness (QED) is 0.501. The molecule has 1 aromatic heterocycles. The number of pyridine rings is 1. The van der Waals surface area contributed by atoms with Crippen LogP contribution in [0.4, 0.5) is 4.79 Å². The number of unbranched alkanes of at least 4 members (excludes halogenated alkanes) is 1. The molecule has 0 bridgehead atoms. The number of carbonyl (C=O) groups excluding carboxylic acids is 2. The molecule has 164 valence electrons. The van der Waals surface area contributed by atoms with Crippen LogP contribution in [0, 0.1) is 0 Å². The van der Waals surface area contributed by atoms with Crippen molar-refractivity contribution in [1.82, 2.24) is 10.3 Å². The Hall–Kier alpha value is -2.87. The lowest BCUT2D eigenvalue weighted by Gasteiger charge is -2.17. The summed E-state index contributed by atoms with van der Waals surface area (Å²) in [6, 6.07) is 7.84. The van der Waals surface area contributed by atoms with E-state index in [9.17, 15) is 9.59 Å². The molecule has 1 aromatic carbocycles. The number of aromatic nitrogens is 1. The van der Waals surface area contributed by atoms with Crippen LogP contribution >= 0.6 is 11.8 Å². The molecule has 1 N–H and O–H groups in total. The van der Waals surface area contributed by atoms with Crippen LogP contribution in [-0.2, 0) is 16.0 Å². The second-order valence-electron chi connectivity index (χ2n) is 8.09. The normalized spacial score (nSPS) is 16.7. The number of carbonyl (C=O) groups is 2. The molecular weight excluding hydrogens is 414 g/mol. The van der Waals surface area contributed by atoms with Crippen LogP contribution in [-0.4, -0.2) is 34.4 Å². The van der Waals surface area contributed by atoms with Crippen LogP contribution in [0.3, 0.4) is 0 Å². The van der Waals surface area contributed by atoms with Gasteiger partial charge in [0.2, 0.25) is 0 Å². The van der Waals surface area contributed by atoms with Crippen molar-refractivity contribution < 1.29 is 19.1 Å². The number of amidine groups is 1. The predicted molar refractivity (Wildman–Crippen MR) is 123 cm³/mol. The van der Waals surface area contributed by atoms with Gasteiger partial charge in [0.05, 0.1) is 17.0 Å². The van der Waals surface area contributed by atoms with E-state index in [1.54, 1.807) is 27.0 Å². The molecule has 1 saturated heterocycles. The first-order valence-corrected chi connectivity index (χ1v) is 11.1. The van der Waals surface area contributed by atoms with Crippen LogP contribution in [0.1, 0.15) is 46.1 Å². The highest BCUT2D eigenvalue weighted by atomic mass is 32.2. The summed E-state index contributed by atoms with van der Waals surface area (Å²) in [4.78, 5) is 32.8. The number of aliphatic imine (C=N–C) groups is 1. The van der Waals surface area contributed by atoms with Crippen molar-refractivity contribution in [3.63, 3.8) is 0 Å². The Balaban J connectivity index is 1.71. The summed E-state index contributed by atoms with van der Waals surface area (Å²) in [5, 5.41) is 3.77. The Morgan fingerprint density at radius 1 is 1.29 bits per heavy atom. The number of thioether (sulfide) groups is 1. The Morgan fingerprint density at radius 3 is 2.84 bits per heavy atom. The van der Waals surface area contributed by atoms with E-state index in [4.69, 9.17) is 9.47 Å². The molecule has 0 saturated carbocycles. The largest absolute Gasteiger partial charge is 0.493 e. The van der Waals surface area contributed by atoms with Gasteiger partial charge in [-0.1, -0.05) is 25.5 Å². The van der Waals surface area contributed by atoms with E-state index in [0.717, 1.165) is 46.8 Å². The predicted octanol–water partition coefficient (Wildman–Crippen LogP) is 4.99. The highest BCUT2D eigenvalue weighted by molar-refractivity contribution is 8.18. The fourth-order valence-corrected chi connectivity index (χ4v) is 3.63. The zero-order chi connectivity index (χ0) is 22.4. The number of nitrogens with zero attached hydrogens (tertiary/aromatic N) is 2. The second kappa shape index (κ2) is 9.96. The zero-order valence-electron chi connectivity index (χ0n) is 18.2. The fraction of sp³-hybridized carbons (Fsp3) is 0.391. The molecule has 0 spiro atoms. The van der Waals surface area contributed by atoms with Crippen LogP contribution < -0.4 is 10.1 Å². The summed E-state index contributed by atoms with van der Waals surface area (Å²) >= 11 is 1.13. The molecule has 1 aliphatic rings. The van der Waals surface area contributed by atoms with E-state index in [1.807, 2.05) is 30.3 Å². The lowest BCUT2D eigenvalue weighted by molar-refractivity contribution is -0.115. The molecule has 2 heterocycles. The smallest absolute Gasteiger partial charge is 0.436 e. The number of amides is 2. The molecule has 0 atom stereocenters. The molecule has 31 heavy (non-hydrogen) atoms. The fourth-order valence-electron chi connectivity index (χ4n) is 2.85. The van der Waals surface area contributed by atoms with Gasteiger partial charge >= 0.3 is 6.09 Å². The summed E-state index contributed by atoms with van der Waals surface area (Å²) in [6.07, 6.45) is 5.46. The van der Waals surface area contributed by atoms with E-state index < -0.39 is 11.7 Å². The van der Waals surface area contributed by atoms with E-state index >= 15 is 0 Å². The molecule has 7 nitrogen and oxygen atoms in total. The standard InChI is InChI=1S/C23H27N3O4S/c1-5-6-13-29-18-11-12-24-17-9-7-15(14-16(17)18)8-10-19-20(27)25-21(31-19)26-22(28)30-23(2,3)4/h7,9-12,14H,5-6,8,13H2,1-4H3,(H,25,26,27,28)/b19-10-. The van der Waals surface area contributed by atoms with Gasteiger partial charge in [0, 0.05) is 11.6 Å². The number of allylic oxidation sites excluding steroid dienone is 1. The number of hydrogen-bond donors (Lipinski definition) is 1. The topological polar surface area (TPSA) is 89.9 Å². The zero-order valence-corrected chi connectivity index (χ0v) is 19.0. The lowest BCUT2D eigenvalue weighted by Crippen LogP contribution is -2.25. The molecule has 0 unspecified atom stereocenters. The van der Waals surface area contributed by atoms with Crippen molar-refractivity contribution in [2.45, 2.75) is 52.6 Å². The number of rotatable bonds is 6. The Kier molecular flexibility index (Phi) is 7.33. The van der Waals surface area contributed by atoms with Gasteiger partial charge in [0.1, 0.15) is 11.4 Å². The van der Waals surface area contributed by atoms with Crippen molar-refractivity contribution in [3.05, 3.63) is 47.0 Å². The minimum atomic E-state index is -0.728. The third kappa shape index (κ3) is 6.55. The highest BCUT2D eigenvalue weighted by Gasteiger charge is 2.25. The van der Waals surface area contributed by atoms with Gasteiger partial charge < -0.3 is 14.8 Å². The molecule has 0 radical (unpaired) electrons. The molecule has 0 aliphatic carbocycles. The van der Waals surface area contributed by atoms with Crippen LogP contribution in [0.5, 0.6) is 5.75 Å². The third-order valence-electron chi connectivity index (χ3n) is 4.28. The van der Waals surface area contributed by atoms with Crippen LogP contribution in [0.15, 0.2) is 46.4 Å². The minimum Gasteiger partial charge on any atom is -0.493 e. The van der Waals surface area contributed by atoms with E-state index in [1.165, 1.54) is 0 Å². The van der Waals surface area contributed by atoms with E-state index in [-0.39, 0.29) is 11.1 Å². The van der Waals surface area contributed by atoms with E-state index in [0.29, 0.717) is 17.9 Å². The maximum absolute atomic E-state index is 12.2. The summed E-state index contributed by atoms with van der Waals surface area (Å²) in [7, 11) is 0. The van der Waals surface area contributed by atoms with Crippen LogP contribution in [0.2, 0.25) is 0 Å². The van der Waals surface area contributed by atoms with Gasteiger partial charge in [-0.2, -0.15) is 4.99 Å². The van der Waals surface area contributed by atoms with Crippen LogP contribution in [0.25, 0.3) is 10.9 Å². The Labute approximate surface area is 186 Å². The van der Waals surface area contributed by atoms with Crippen molar-refractivity contribution in [2.75, 3.05) is 6.61 Å². The number of fused-ring (bicyclic) bond motifs is 1. The van der Waals surface area contributed by atoms with Crippen molar-refractivity contribution >= 4 is 39.8 Å². The average Bonchev–Trinajstić information content (AvgIpc) is 3.04. The van der Waals surface area contributed by atoms with Gasteiger partial charge in [0.15, 0.2) is 5.17 Å². The number of hydrogen-bond acceptors (Lipinski definition) is 6. The maximum atomic E-state index is 12.2. The summed E-state index contributed by atoms with van der Waals surface area (Å²) in [6.45, 7) is 8.07. The second-order valence-corrected chi connectivity index (χ2v) is 9.12. The maximum Gasteiger partial charge on any atom is 0.436 e. The monoisotopic (exact) mass is 441 g/mol. The van der Waals surface area contributed by atoms with Crippen molar-refractivity contribution in [3.8, 4) is 5.75 Å². The Morgan fingerprint density at radius 2 is 2.10 bits per heavy atom. The van der Waals surface area contributed by atoms with Gasteiger partial charge in [0.25, 0.3) is 5.91 Å². The molecule has 2 amide bonds. The number of benzene rings is 1.